The summed E-state index contributed by atoms with van der Waals surface area (Å²) in [6.45, 7) is 0.580. The molecule has 3 heteroatoms. The van der Waals surface area contributed by atoms with Crippen LogP contribution in [-0.4, -0.2) is 13.7 Å². The van der Waals surface area contributed by atoms with Crippen molar-refractivity contribution in [2.24, 2.45) is 5.73 Å². The summed E-state index contributed by atoms with van der Waals surface area (Å²) in [6, 6.07) is 26.1. The minimum Gasteiger partial charge on any atom is -0.497 e. The molecule has 3 nitrogen and oxygen atoms in total. The van der Waals surface area contributed by atoms with Crippen molar-refractivity contribution >= 4 is 0 Å². The smallest absolute Gasteiger partial charge is 0.127 e. The zero-order chi connectivity index (χ0) is 17.5. The Morgan fingerprint density at radius 2 is 1.52 bits per heavy atom. The highest BCUT2D eigenvalue weighted by Crippen LogP contribution is 2.27. The van der Waals surface area contributed by atoms with Gasteiger partial charge in [0.15, 0.2) is 0 Å². The maximum atomic E-state index is 6.03. The van der Waals surface area contributed by atoms with Crippen LogP contribution in [0.3, 0.4) is 0 Å². The van der Waals surface area contributed by atoms with E-state index in [1.54, 1.807) is 7.11 Å². The number of para-hydroxylation sites is 1. The molecule has 3 aromatic rings. The summed E-state index contributed by atoms with van der Waals surface area (Å²) in [5.74, 6) is 2.77. The molecule has 0 radical (unpaired) electrons. The van der Waals surface area contributed by atoms with Crippen LogP contribution < -0.4 is 15.2 Å². The van der Waals surface area contributed by atoms with Gasteiger partial charge in [-0.25, -0.2) is 0 Å². The molecule has 3 rings (SSSR count). The van der Waals surface area contributed by atoms with Crippen LogP contribution in [0.2, 0.25) is 0 Å². The van der Waals surface area contributed by atoms with Crippen LogP contribution in [0.5, 0.6) is 17.2 Å². The van der Waals surface area contributed by atoms with Crippen molar-refractivity contribution in [3.8, 4) is 17.2 Å². The summed E-state index contributed by atoms with van der Waals surface area (Å²) in [7, 11) is 1.68. The fraction of sp³-hybridized carbons (Fsp3) is 0.182. The lowest BCUT2D eigenvalue weighted by Crippen LogP contribution is -2.15. The van der Waals surface area contributed by atoms with Gasteiger partial charge < -0.3 is 15.2 Å². The largest absolute Gasteiger partial charge is 0.497 e. The Labute approximate surface area is 149 Å². The Bertz CT molecular complexity index is 802. The third-order valence-electron chi connectivity index (χ3n) is 4.21. The van der Waals surface area contributed by atoms with Crippen molar-refractivity contribution in [3.63, 3.8) is 0 Å². The van der Waals surface area contributed by atoms with Gasteiger partial charge in [-0.05, 0) is 60.5 Å². The molecule has 0 saturated heterocycles. The van der Waals surface area contributed by atoms with Crippen LogP contribution in [0, 0.1) is 0 Å². The van der Waals surface area contributed by atoms with Gasteiger partial charge in [0.05, 0.1) is 7.11 Å². The predicted octanol–water partition coefficient (Wildman–Crippen LogP) is 4.77. The zero-order valence-electron chi connectivity index (χ0n) is 14.4. The number of rotatable bonds is 7. The van der Waals surface area contributed by atoms with Gasteiger partial charge in [-0.15, -0.1) is 0 Å². The molecule has 2 N–H and O–H groups in total. The summed E-state index contributed by atoms with van der Waals surface area (Å²) in [5, 5.41) is 0. The summed E-state index contributed by atoms with van der Waals surface area (Å²) in [5.41, 5.74) is 8.43. The quantitative estimate of drug-likeness (QED) is 0.677. The van der Waals surface area contributed by atoms with Crippen LogP contribution in [0.1, 0.15) is 17.0 Å². The van der Waals surface area contributed by atoms with Crippen molar-refractivity contribution in [2.75, 3.05) is 13.7 Å². The first kappa shape index (κ1) is 17.1. The fourth-order valence-electron chi connectivity index (χ4n) is 2.88. The molecular formula is C22H23NO2. The van der Waals surface area contributed by atoms with Crippen LogP contribution in [-0.2, 0) is 6.42 Å². The number of hydrogen-bond acceptors (Lipinski definition) is 3. The molecule has 1 unspecified atom stereocenters. The van der Waals surface area contributed by atoms with Crippen LogP contribution in [0.4, 0.5) is 0 Å². The van der Waals surface area contributed by atoms with E-state index in [2.05, 4.69) is 24.3 Å². The highest BCUT2D eigenvalue weighted by molar-refractivity contribution is 5.36. The van der Waals surface area contributed by atoms with E-state index in [-0.39, 0.29) is 5.92 Å². The van der Waals surface area contributed by atoms with E-state index in [0.29, 0.717) is 6.54 Å². The lowest BCUT2D eigenvalue weighted by molar-refractivity contribution is 0.413. The van der Waals surface area contributed by atoms with Gasteiger partial charge in [0.25, 0.3) is 0 Å². The topological polar surface area (TPSA) is 44.5 Å². The van der Waals surface area contributed by atoms with E-state index < -0.39 is 0 Å². The molecule has 0 saturated carbocycles. The lowest BCUT2D eigenvalue weighted by atomic mass is 9.92. The van der Waals surface area contributed by atoms with Gasteiger partial charge in [0.1, 0.15) is 17.2 Å². The molecule has 0 aliphatic heterocycles. The Hall–Kier alpha value is -2.78. The first-order chi connectivity index (χ1) is 12.3. The second-order valence-electron chi connectivity index (χ2n) is 5.98. The Morgan fingerprint density at radius 1 is 0.800 bits per heavy atom. The Kier molecular flexibility index (Phi) is 5.70. The van der Waals surface area contributed by atoms with E-state index in [1.165, 1.54) is 11.1 Å². The number of nitrogens with two attached hydrogens (primary N) is 1. The average molecular weight is 333 g/mol. The highest BCUT2D eigenvalue weighted by Gasteiger charge is 2.12. The SMILES string of the molecule is COc1cccc(C(CN)Cc2cccc(Oc3ccccc3)c2)c1. The predicted molar refractivity (Wildman–Crippen MR) is 101 cm³/mol. The van der Waals surface area contributed by atoms with Crippen molar-refractivity contribution in [3.05, 3.63) is 90.0 Å². The van der Waals surface area contributed by atoms with Crippen molar-refractivity contribution in [2.45, 2.75) is 12.3 Å². The van der Waals surface area contributed by atoms with E-state index in [9.17, 15) is 0 Å². The van der Waals surface area contributed by atoms with Crippen LogP contribution in [0.15, 0.2) is 78.9 Å². The molecule has 0 spiro atoms. The summed E-state index contributed by atoms with van der Waals surface area (Å²) >= 11 is 0. The second kappa shape index (κ2) is 8.36. The molecule has 0 heterocycles. The van der Waals surface area contributed by atoms with E-state index in [1.807, 2.05) is 54.6 Å². The number of methoxy groups -OCH3 is 1. The highest BCUT2D eigenvalue weighted by atomic mass is 16.5. The third kappa shape index (κ3) is 4.61. The molecule has 0 aliphatic carbocycles. The zero-order valence-corrected chi connectivity index (χ0v) is 14.4. The second-order valence-corrected chi connectivity index (χ2v) is 5.98. The molecular weight excluding hydrogens is 310 g/mol. The Morgan fingerprint density at radius 3 is 2.28 bits per heavy atom. The van der Waals surface area contributed by atoms with Crippen molar-refractivity contribution < 1.29 is 9.47 Å². The fourth-order valence-corrected chi connectivity index (χ4v) is 2.88. The first-order valence-corrected chi connectivity index (χ1v) is 8.44. The molecule has 0 bridgehead atoms. The van der Waals surface area contributed by atoms with Gasteiger partial charge in [0.2, 0.25) is 0 Å². The standard InChI is InChI=1S/C22H23NO2/c1-24-21-11-6-8-18(15-21)19(16-23)13-17-7-5-12-22(14-17)25-20-9-3-2-4-10-20/h2-12,14-15,19H,13,16,23H2,1H3. The normalized spacial score (nSPS) is 11.8. The van der Waals surface area contributed by atoms with Crippen LogP contribution >= 0.6 is 0 Å². The van der Waals surface area contributed by atoms with Gasteiger partial charge in [0, 0.05) is 5.92 Å². The van der Waals surface area contributed by atoms with E-state index in [4.69, 9.17) is 15.2 Å². The molecule has 0 fully saturated rings. The van der Waals surface area contributed by atoms with Gasteiger partial charge in [-0.1, -0.05) is 42.5 Å². The summed E-state index contributed by atoms with van der Waals surface area (Å²) < 4.78 is 11.2. The minimum atomic E-state index is 0.238. The Balaban J connectivity index is 1.75. The summed E-state index contributed by atoms with van der Waals surface area (Å²) in [6.07, 6.45) is 0.857. The van der Waals surface area contributed by atoms with Crippen molar-refractivity contribution in [1.82, 2.24) is 0 Å². The number of ether oxygens (including phenoxy) is 2. The number of benzene rings is 3. The van der Waals surface area contributed by atoms with Gasteiger partial charge in [-0.2, -0.15) is 0 Å². The van der Waals surface area contributed by atoms with Crippen molar-refractivity contribution in [1.29, 1.82) is 0 Å². The average Bonchev–Trinajstić information content (AvgIpc) is 2.67. The van der Waals surface area contributed by atoms with E-state index in [0.717, 1.165) is 23.7 Å². The molecule has 0 aromatic heterocycles. The van der Waals surface area contributed by atoms with Crippen LogP contribution in [0.25, 0.3) is 0 Å². The lowest BCUT2D eigenvalue weighted by Gasteiger charge is -2.17. The maximum Gasteiger partial charge on any atom is 0.127 e. The first-order valence-electron chi connectivity index (χ1n) is 8.44. The monoisotopic (exact) mass is 333 g/mol. The maximum absolute atomic E-state index is 6.03. The van der Waals surface area contributed by atoms with Gasteiger partial charge in [-0.3, -0.25) is 0 Å². The molecule has 128 valence electrons. The molecule has 0 aliphatic rings. The molecule has 25 heavy (non-hydrogen) atoms. The third-order valence-corrected chi connectivity index (χ3v) is 4.21. The molecule has 0 amide bonds. The van der Waals surface area contributed by atoms with E-state index >= 15 is 0 Å². The summed E-state index contributed by atoms with van der Waals surface area (Å²) in [4.78, 5) is 0. The molecule has 1 atom stereocenters. The molecule has 3 aromatic carbocycles. The number of hydrogen-bond donors (Lipinski definition) is 1. The van der Waals surface area contributed by atoms with Gasteiger partial charge >= 0.3 is 0 Å². The minimum absolute atomic E-state index is 0.238.